The van der Waals surface area contributed by atoms with Gasteiger partial charge >= 0.3 is 0 Å². The van der Waals surface area contributed by atoms with Crippen LogP contribution in [-0.4, -0.2) is 56.0 Å². The molecule has 1 aliphatic heterocycles. The number of nitrogens with one attached hydrogen (secondary N) is 1. The van der Waals surface area contributed by atoms with E-state index in [2.05, 4.69) is 31.1 Å². The Labute approximate surface area is 128 Å². The molecule has 1 saturated heterocycles. The van der Waals surface area contributed by atoms with Crippen molar-refractivity contribution in [2.24, 2.45) is 0 Å². The molecule has 1 aromatic heterocycles. The Bertz CT molecular complexity index is 525. The highest BCUT2D eigenvalue weighted by Gasteiger charge is 2.19. The van der Waals surface area contributed by atoms with Crippen LogP contribution in [0.3, 0.4) is 0 Å². The van der Waals surface area contributed by atoms with Crippen molar-refractivity contribution in [3.63, 3.8) is 0 Å². The van der Waals surface area contributed by atoms with Crippen LogP contribution in [-0.2, 0) is 9.84 Å². The van der Waals surface area contributed by atoms with Gasteiger partial charge in [-0.2, -0.15) is 0 Å². The maximum atomic E-state index is 11.2. The summed E-state index contributed by atoms with van der Waals surface area (Å²) in [6, 6.07) is 4.34. The molecule has 0 atom stereocenters. The molecule has 7 heteroatoms. The molecule has 1 fully saturated rings. The predicted octanol–water partition coefficient (Wildman–Crippen LogP) is 1.76. The summed E-state index contributed by atoms with van der Waals surface area (Å²) in [7, 11) is -2.86. The molecule has 1 N–H and O–H groups in total. The number of pyridine rings is 1. The van der Waals surface area contributed by atoms with Crippen molar-refractivity contribution < 1.29 is 8.42 Å². The Balaban J connectivity index is 1.75. The lowest BCUT2D eigenvalue weighted by Crippen LogP contribution is -2.41. The van der Waals surface area contributed by atoms with E-state index in [1.54, 1.807) is 6.20 Å². The van der Waals surface area contributed by atoms with E-state index in [4.69, 9.17) is 0 Å². The van der Waals surface area contributed by atoms with Crippen LogP contribution in [0.25, 0.3) is 0 Å². The quantitative estimate of drug-likeness (QED) is 0.865. The summed E-state index contributed by atoms with van der Waals surface area (Å²) in [6.45, 7) is 2.51. The molecule has 2 rings (SSSR count). The first-order valence-corrected chi connectivity index (χ1v) is 9.56. The van der Waals surface area contributed by atoms with Gasteiger partial charge in [-0.05, 0) is 40.9 Å². The molecular formula is C13H20BrN3O2S. The molecule has 2 heterocycles. The zero-order chi connectivity index (χ0) is 14.6. The number of anilines is 1. The van der Waals surface area contributed by atoms with E-state index in [-0.39, 0.29) is 5.75 Å². The average molecular weight is 362 g/mol. The summed E-state index contributed by atoms with van der Waals surface area (Å²) < 4.78 is 23.3. The average Bonchev–Trinajstić information content (AvgIpc) is 2.40. The number of hydrogen-bond acceptors (Lipinski definition) is 5. The summed E-state index contributed by atoms with van der Waals surface area (Å²) in [5.41, 5.74) is 0. The molecule has 5 nitrogen and oxygen atoms in total. The van der Waals surface area contributed by atoms with Crippen LogP contribution < -0.4 is 5.32 Å². The molecule has 0 aromatic carbocycles. The normalized spacial score (nSPS) is 18.1. The Morgan fingerprint density at radius 2 is 2.10 bits per heavy atom. The second kappa shape index (κ2) is 6.87. The Hall–Kier alpha value is -0.660. The summed E-state index contributed by atoms with van der Waals surface area (Å²) >= 11 is 3.37. The number of aromatic nitrogens is 1. The predicted molar refractivity (Wildman–Crippen MR) is 84.7 cm³/mol. The molecule has 0 saturated carbocycles. The molecule has 0 radical (unpaired) electrons. The topological polar surface area (TPSA) is 62.3 Å². The fourth-order valence-electron chi connectivity index (χ4n) is 2.27. The summed E-state index contributed by atoms with van der Waals surface area (Å²) in [6.07, 6.45) is 5.10. The number of sulfone groups is 1. The highest BCUT2D eigenvalue weighted by molar-refractivity contribution is 9.10. The zero-order valence-corrected chi connectivity index (χ0v) is 14.0. The molecule has 0 unspecified atom stereocenters. The number of halogens is 1. The van der Waals surface area contributed by atoms with Crippen molar-refractivity contribution in [3.05, 3.63) is 22.8 Å². The van der Waals surface area contributed by atoms with Crippen molar-refractivity contribution in [1.82, 2.24) is 9.88 Å². The summed E-state index contributed by atoms with van der Waals surface area (Å²) in [5, 5.41) is 3.42. The molecule has 1 aromatic rings. The van der Waals surface area contributed by atoms with E-state index < -0.39 is 9.84 Å². The van der Waals surface area contributed by atoms with Crippen molar-refractivity contribution in [3.8, 4) is 0 Å². The first-order valence-electron chi connectivity index (χ1n) is 6.70. The highest BCUT2D eigenvalue weighted by atomic mass is 79.9. The minimum absolute atomic E-state index is 0.249. The molecule has 20 heavy (non-hydrogen) atoms. The maximum Gasteiger partial charge on any atom is 0.148 e. The van der Waals surface area contributed by atoms with Gasteiger partial charge in [0, 0.05) is 42.6 Å². The van der Waals surface area contributed by atoms with Crippen molar-refractivity contribution in [2.45, 2.75) is 18.9 Å². The molecule has 0 bridgehead atoms. The lowest BCUT2D eigenvalue weighted by atomic mass is 10.1. The second-order valence-corrected chi connectivity index (χ2v) is 8.43. The number of hydrogen-bond donors (Lipinski definition) is 1. The molecule has 0 amide bonds. The van der Waals surface area contributed by atoms with Gasteiger partial charge in [-0.25, -0.2) is 13.4 Å². The molecule has 1 aliphatic rings. The lowest BCUT2D eigenvalue weighted by Gasteiger charge is -2.32. The van der Waals surface area contributed by atoms with Crippen LogP contribution in [0.2, 0.25) is 0 Å². The zero-order valence-electron chi connectivity index (χ0n) is 11.5. The van der Waals surface area contributed by atoms with Gasteiger partial charge < -0.3 is 10.2 Å². The Morgan fingerprint density at radius 3 is 2.65 bits per heavy atom. The molecule has 112 valence electrons. The van der Waals surface area contributed by atoms with Crippen LogP contribution in [0, 0.1) is 0 Å². The van der Waals surface area contributed by atoms with Gasteiger partial charge in [-0.1, -0.05) is 0 Å². The molecule has 0 spiro atoms. The number of rotatable bonds is 5. The van der Waals surface area contributed by atoms with Crippen molar-refractivity contribution in [2.75, 3.05) is 37.0 Å². The van der Waals surface area contributed by atoms with E-state index in [0.717, 1.165) is 36.2 Å². The Morgan fingerprint density at radius 1 is 1.40 bits per heavy atom. The summed E-state index contributed by atoms with van der Waals surface area (Å²) in [5.74, 6) is 1.14. The van der Waals surface area contributed by atoms with Crippen LogP contribution in [0.1, 0.15) is 12.8 Å². The van der Waals surface area contributed by atoms with Crippen LogP contribution in [0.5, 0.6) is 0 Å². The van der Waals surface area contributed by atoms with E-state index in [1.807, 2.05) is 12.1 Å². The number of likely N-dealkylation sites (tertiary alicyclic amines) is 1. The fraction of sp³-hybridized carbons (Fsp3) is 0.615. The van der Waals surface area contributed by atoms with Crippen molar-refractivity contribution in [1.29, 1.82) is 0 Å². The third-order valence-corrected chi connectivity index (χ3v) is 4.84. The monoisotopic (exact) mass is 361 g/mol. The molecular weight excluding hydrogens is 342 g/mol. The van der Waals surface area contributed by atoms with Gasteiger partial charge in [0.05, 0.1) is 5.75 Å². The lowest BCUT2D eigenvalue weighted by molar-refractivity contribution is 0.230. The van der Waals surface area contributed by atoms with Crippen LogP contribution in [0.15, 0.2) is 22.8 Å². The largest absolute Gasteiger partial charge is 0.367 e. The van der Waals surface area contributed by atoms with Crippen LogP contribution >= 0.6 is 15.9 Å². The highest BCUT2D eigenvalue weighted by Crippen LogP contribution is 2.16. The van der Waals surface area contributed by atoms with Gasteiger partial charge in [0.1, 0.15) is 15.7 Å². The van der Waals surface area contributed by atoms with E-state index >= 15 is 0 Å². The third-order valence-electron chi connectivity index (χ3n) is 3.45. The second-order valence-electron chi connectivity index (χ2n) is 5.25. The first-order chi connectivity index (χ1) is 9.42. The Kier molecular flexibility index (Phi) is 5.40. The minimum Gasteiger partial charge on any atom is -0.367 e. The number of nitrogens with zero attached hydrogens (tertiary/aromatic N) is 2. The van der Waals surface area contributed by atoms with Gasteiger partial charge in [-0.15, -0.1) is 0 Å². The van der Waals surface area contributed by atoms with E-state index in [0.29, 0.717) is 12.6 Å². The van der Waals surface area contributed by atoms with Crippen LogP contribution in [0.4, 0.5) is 5.82 Å². The van der Waals surface area contributed by atoms with Gasteiger partial charge in [0.2, 0.25) is 0 Å². The minimum atomic E-state index is -2.86. The van der Waals surface area contributed by atoms with E-state index in [1.165, 1.54) is 6.26 Å². The summed E-state index contributed by atoms with van der Waals surface area (Å²) in [4.78, 5) is 6.53. The molecule has 0 aliphatic carbocycles. The van der Waals surface area contributed by atoms with Crippen molar-refractivity contribution >= 4 is 31.6 Å². The number of piperidine rings is 1. The van der Waals surface area contributed by atoms with Gasteiger partial charge in [0.25, 0.3) is 0 Å². The van der Waals surface area contributed by atoms with Gasteiger partial charge in [0.15, 0.2) is 0 Å². The SMILES string of the molecule is CS(=O)(=O)CCN1CCC(Nc2ccc(Br)cn2)CC1. The fourth-order valence-corrected chi connectivity index (χ4v) is 3.09. The maximum absolute atomic E-state index is 11.2. The van der Waals surface area contributed by atoms with Gasteiger partial charge in [-0.3, -0.25) is 0 Å². The first kappa shape index (κ1) is 15.7. The smallest absolute Gasteiger partial charge is 0.148 e. The third kappa shape index (κ3) is 5.38. The standard InChI is InChI=1S/C13H20BrN3O2S/c1-20(18,19)9-8-17-6-4-12(5-7-17)16-13-3-2-11(14)10-15-13/h2-3,10,12H,4-9H2,1H3,(H,15,16). The van der Waals surface area contributed by atoms with E-state index in [9.17, 15) is 8.42 Å².